The van der Waals surface area contributed by atoms with Crippen LogP contribution < -0.4 is 5.56 Å². The van der Waals surface area contributed by atoms with E-state index in [1.807, 2.05) is 0 Å². The van der Waals surface area contributed by atoms with Crippen molar-refractivity contribution in [2.24, 2.45) is 0 Å². The lowest BCUT2D eigenvalue weighted by atomic mass is 10.0. The van der Waals surface area contributed by atoms with E-state index in [0.29, 0.717) is 11.0 Å². The SMILES string of the molecule is O=c1[nH]c2ccccc2nc1C1(C(F)(F)F)CC1. The summed E-state index contributed by atoms with van der Waals surface area (Å²) >= 11 is 0. The molecule has 0 saturated heterocycles. The molecule has 94 valence electrons. The molecule has 18 heavy (non-hydrogen) atoms. The summed E-state index contributed by atoms with van der Waals surface area (Å²) in [5.41, 5.74) is -2.37. The van der Waals surface area contributed by atoms with Crippen molar-refractivity contribution >= 4 is 11.0 Å². The normalized spacial score (nSPS) is 17.9. The highest BCUT2D eigenvalue weighted by Gasteiger charge is 2.66. The van der Waals surface area contributed by atoms with E-state index in [2.05, 4.69) is 9.97 Å². The van der Waals surface area contributed by atoms with Crippen molar-refractivity contribution in [1.29, 1.82) is 0 Å². The lowest BCUT2D eigenvalue weighted by Crippen LogP contribution is -2.35. The molecule has 1 fully saturated rings. The third-order valence-electron chi connectivity index (χ3n) is 3.35. The second kappa shape index (κ2) is 3.34. The molecule has 1 saturated carbocycles. The highest BCUT2D eigenvalue weighted by molar-refractivity contribution is 5.73. The molecule has 1 aromatic carbocycles. The monoisotopic (exact) mass is 254 g/mol. The minimum Gasteiger partial charge on any atom is -0.319 e. The van der Waals surface area contributed by atoms with E-state index in [1.54, 1.807) is 24.3 Å². The Hall–Kier alpha value is -1.85. The second-order valence-corrected chi connectivity index (χ2v) is 4.51. The molecule has 0 bridgehead atoms. The van der Waals surface area contributed by atoms with Crippen LogP contribution in [0.1, 0.15) is 18.5 Å². The number of H-pyrrole nitrogens is 1. The standard InChI is InChI=1S/C12H9F3N2O/c13-12(14,15)11(5-6-11)9-10(18)17-8-4-2-1-3-7(8)16-9/h1-4H,5-6H2,(H,17,18). The Balaban J connectivity index is 2.25. The average Bonchev–Trinajstić information content (AvgIpc) is 3.08. The number of hydrogen-bond acceptors (Lipinski definition) is 2. The van der Waals surface area contributed by atoms with Gasteiger partial charge < -0.3 is 4.98 Å². The number of alkyl halides is 3. The number of hydrogen-bond donors (Lipinski definition) is 1. The quantitative estimate of drug-likeness (QED) is 0.849. The number of fused-ring (bicyclic) bond motifs is 1. The lowest BCUT2D eigenvalue weighted by Gasteiger charge is -2.17. The molecule has 1 aliphatic rings. The first-order valence-corrected chi connectivity index (χ1v) is 5.50. The molecule has 0 unspecified atom stereocenters. The van der Waals surface area contributed by atoms with Crippen molar-refractivity contribution in [3.05, 3.63) is 40.3 Å². The van der Waals surface area contributed by atoms with E-state index in [4.69, 9.17) is 0 Å². The summed E-state index contributed by atoms with van der Waals surface area (Å²) in [6.07, 6.45) is -4.55. The number of aromatic amines is 1. The van der Waals surface area contributed by atoms with E-state index in [1.165, 1.54) is 0 Å². The molecule has 3 nitrogen and oxygen atoms in total. The lowest BCUT2D eigenvalue weighted by molar-refractivity contribution is -0.161. The van der Waals surface area contributed by atoms with Gasteiger partial charge in [0, 0.05) is 0 Å². The number of aromatic nitrogens is 2. The Morgan fingerprint density at radius 2 is 1.89 bits per heavy atom. The Morgan fingerprint density at radius 1 is 1.22 bits per heavy atom. The highest BCUT2D eigenvalue weighted by Crippen LogP contribution is 2.57. The molecule has 0 radical (unpaired) electrons. The number of benzene rings is 1. The van der Waals surface area contributed by atoms with E-state index in [9.17, 15) is 18.0 Å². The topological polar surface area (TPSA) is 45.8 Å². The molecule has 0 amide bonds. The Kier molecular flexibility index (Phi) is 2.09. The predicted octanol–water partition coefficient (Wildman–Crippen LogP) is 2.52. The van der Waals surface area contributed by atoms with Crippen LogP contribution in [-0.4, -0.2) is 16.1 Å². The maximum atomic E-state index is 13.0. The minimum absolute atomic E-state index is 0.0646. The van der Waals surface area contributed by atoms with Crippen molar-refractivity contribution in [2.45, 2.75) is 24.4 Å². The zero-order valence-electron chi connectivity index (χ0n) is 9.21. The molecular weight excluding hydrogens is 245 g/mol. The van der Waals surface area contributed by atoms with Crippen LogP contribution in [0.15, 0.2) is 29.1 Å². The van der Waals surface area contributed by atoms with Crippen molar-refractivity contribution < 1.29 is 13.2 Å². The van der Waals surface area contributed by atoms with Crippen molar-refractivity contribution in [1.82, 2.24) is 9.97 Å². The van der Waals surface area contributed by atoms with E-state index in [0.717, 1.165) is 0 Å². The van der Waals surface area contributed by atoms with Crippen LogP contribution in [0.5, 0.6) is 0 Å². The molecule has 0 atom stereocenters. The Labute approximate surface area is 99.7 Å². The molecule has 0 aliphatic heterocycles. The molecule has 3 rings (SSSR count). The van der Waals surface area contributed by atoms with Crippen LogP contribution in [0.2, 0.25) is 0 Å². The molecular formula is C12H9F3N2O. The summed E-state index contributed by atoms with van der Waals surface area (Å²) in [6, 6.07) is 6.56. The third kappa shape index (κ3) is 1.45. The van der Waals surface area contributed by atoms with Gasteiger partial charge in [-0.2, -0.15) is 13.2 Å². The van der Waals surface area contributed by atoms with E-state index < -0.39 is 22.8 Å². The fraction of sp³-hybridized carbons (Fsp3) is 0.333. The van der Waals surface area contributed by atoms with Gasteiger partial charge in [0.15, 0.2) is 0 Å². The molecule has 1 heterocycles. The van der Waals surface area contributed by atoms with Gasteiger partial charge >= 0.3 is 6.18 Å². The smallest absolute Gasteiger partial charge is 0.319 e. The number of para-hydroxylation sites is 2. The fourth-order valence-corrected chi connectivity index (χ4v) is 2.13. The molecule has 1 N–H and O–H groups in total. The van der Waals surface area contributed by atoms with Crippen LogP contribution >= 0.6 is 0 Å². The van der Waals surface area contributed by atoms with E-state index >= 15 is 0 Å². The highest BCUT2D eigenvalue weighted by atomic mass is 19.4. The predicted molar refractivity (Wildman–Crippen MR) is 59.3 cm³/mol. The number of nitrogens with one attached hydrogen (secondary N) is 1. The molecule has 6 heteroatoms. The maximum absolute atomic E-state index is 13.0. The van der Waals surface area contributed by atoms with Crippen LogP contribution in [0.3, 0.4) is 0 Å². The summed E-state index contributed by atoms with van der Waals surface area (Å²) in [7, 11) is 0. The largest absolute Gasteiger partial charge is 0.400 e. The van der Waals surface area contributed by atoms with Gasteiger partial charge in [0.05, 0.1) is 11.0 Å². The number of nitrogens with zero attached hydrogens (tertiary/aromatic N) is 1. The van der Waals surface area contributed by atoms with Crippen LogP contribution in [0.4, 0.5) is 13.2 Å². The average molecular weight is 254 g/mol. The first-order chi connectivity index (χ1) is 8.44. The zero-order chi connectivity index (χ0) is 13.0. The van der Waals surface area contributed by atoms with Gasteiger partial charge in [0.2, 0.25) is 0 Å². The third-order valence-corrected chi connectivity index (χ3v) is 3.35. The molecule has 0 spiro atoms. The summed E-state index contributed by atoms with van der Waals surface area (Å²) in [6.45, 7) is 0. The van der Waals surface area contributed by atoms with Crippen LogP contribution in [0.25, 0.3) is 11.0 Å². The Bertz CT molecular complexity index is 671. The maximum Gasteiger partial charge on any atom is 0.400 e. The van der Waals surface area contributed by atoms with Gasteiger partial charge in [0.1, 0.15) is 11.1 Å². The van der Waals surface area contributed by atoms with E-state index in [-0.39, 0.29) is 12.8 Å². The van der Waals surface area contributed by atoms with Gasteiger partial charge in [-0.1, -0.05) is 12.1 Å². The number of halogens is 3. The van der Waals surface area contributed by atoms with Crippen molar-refractivity contribution in [3.63, 3.8) is 0 Å². The molecule has 1 aromatic heterocycles. The number of rotatable bonds is 1. The zero-order valence-corrected chi connectivity index (χ0v) is 9.21. The molecule has 1 aliphatic carbocycles. The van der Waals surface area contributed by atoms with Gasteiger partial charge in [-0.3, -0.25) is 4.79 Å². The first kappa shape index (κ1) is 11.3. The van der Waals surface area contributed by atoms with Gasteiger partial charge in [-0.15, -0.1) is 0 Å². The van der Waals surface area contributed by atoms with Gasteiger partial charge in [0.25, 0.3) is 5.56 Å². The Morgan fingerprint density at radius 3 is 2.50 bits per heavy atom. The van der Waals surface area contributed by atoms with Crippen molar-refractivity contribution in [3.8, 4) is 0 Å². The van der Waals surface area contributed by atoms with Gasteiger partial charge in [-0.05, 0) is 25.0 Å². The first-order valence-electron chi connectivity index (χ1n) is 5.50. The van der Waals surface area contributed by atoms with Crippen LogP contribution in [-0.2, 0) is 5.41 Å². The minimum atomic E-state index is -4.42. The fourth-order valence-electron chi connectivity index (χ4n) is 2.13. The summed E-state index contributed by atoms with van der Waals surface area (Å²) in [5.74, 6) is 0. The van der Waals surface area contributed by atoms with Crippen LogP contribution in [0, 0.1) is 0 Å². The van der Waals surface area contributed by atoms with Gasteiger partial charge in [-0.25, -0.2) is 4.98 Å². The summed E-state index contributed by atoms with van der Waals surface area (Å²) in [4.78, 5) is 18.1. The van der Waals surface area contributed by atoms with Crippen molar-refractivity contribution in [2.75, 3.05) is 0 Å². The second-order valence-electron chi connectivity index (χ2n) is 4.51. The summed E-state index contributed by atoms with van der Waals surface area (Å²) in [5, 5.41) is 0. The molecule has 2 aromatic rings. The summed E-state index contributed by atoms with van der Waals surface area (Å²) < 4.78 is 38.9.